The molecule has 1 aromatic carbocycles. The number of benzene rings is 1. The number of Topliss-reactive ketones (excluding diaryl/α,β-unsaturated/α-hetero) is 1. The summed E-state index contributed by atoms with van der Waals surface area (Å²) in [5, 5.41) is 0.269. The van der Waals surface area contributed by atoms with Crippen LogP contribution in [0.4, 0.5) is 8.78 Å². The van der Waals surface area contributed by atoms with Crippen molar-refractivity contribution in [3.63, 3.8) is 0 Å². The number of thiazole rings is 1. The number of methoxy groups -OCH3 is 2. The number of ketones is 1. The van der Waals surface area contributed by atoms with Crippen LogP contribution in [0.2, 0.25) is 5.15 Å². The Morgan fingerprint density at radius 3 is 2.44 bits per heavy atom. The Hall–Kier alpha value is -1.41. The zero-order valence-corrected chi connectivity index (χ0v) is 17.2. The second-order valence-electron chi connectivity index (χ2n) is 6.13. The van der Waals surface area contributed by atoms with E-state index < -0.39 is 18.1 Å². The number of alkyl halides is 2. The Morgan fingerprint density at radius 2 is 1.93 bits per heavy atom. The van der Waals surface area contributed by atoms with E-state index >= 15 is 0 Å². The van der Waals surface area contributed by atoms with Crippen LogP contribution in [0.5, 0.6) is 0 Å². The third-order valence-corrected chi connectivity index (χ3v) is 5.81. The van der Waals surface area contributed by atoms with E-state index in [0.29, 0.717) is 11.4 Å². The molecule has 2 aromatic rings. The van der Waals surface area contributed by atoms with E-state index in [9.17, 15) is 13.6 Å². The van der Waals surface area contributed by atoms with Crippen LogP contribution in [-0.4, -0.2) is 31.3 Å². The highest BCUT2D eigenvalue weighted by molar-refractivity contribution is 7.12. The third kappa shape index (κ3) is 5.10. The van der Waals surface area contributed by atoms with E-state index in [-0.39, 0.29) is 22.2 Å². The molecular formula is C19H22ClF2NO3S. The summed E-state index contributed by atoms with van der Waals surface area (Å²) in [6.07, 6.45) is -0.143. The van der Waals surface area contributed by atoms with Crippen molar-refractivity contribution in [2.75, 3.05) is 14.2 Å². The van der Waals surface area contributed by atoms with Gasteiger partial charge in [0.05, 0.1) is 10.9 Å². The molecule has 1 unspecified atom stereocenters. The van der Waals surface area contributed by atoms with Crippen molar-refractivity contribution in [1.82, 2.24) is 4.98 Å². The maximum Gasteiger partial charge on any atom is 0.282 e. The zero-order valence-electron chi connectivity index (χ0n) is 15.6. The summed E-state index contributed by atoms with van der Waals surface area (Å²) in [4.78, 5) is 16.4. The lowest BCUT2D eigenvalue weighted by molar-refractivity contribution is -0.144. The molecule has 0 aliphatic rings. The molecule has 0 spiro atoms. The molecule has 0 radical (unpaired) electrons. The lowest BCUT2D eigenvalue weighted by Crippen LogP contribution is -2.30. The quantitative estimate of drug-likeness (QED) is 0.527. The Bertz CT molecular complexity index is 788. The molecule has 0 saturated carbocycles. The maximum absolute atomic E-state index is 13.6. The first kappa shape index (κ1) is 21.9. The highest BCUT2D eigenvalue weighted by Gasteiger charge is 2.33. The predicted octanol–water partition coefficient (Wildman–Crippen LogP) is 5.18. The molecule has 1 aromatic heterocycles. The maximum atomic E-state index is 13.6. The van der Waals surface area contributed by atoms with Crippen molar-refractivity contribution in [3.05, 3.63) is 50.4 Å². The van der Waals surface area contributed by atoms with Gasteiger partial charge in [-0.1, -0.05) is 42.8 Å². The minimum atomic E-state index is -3.05. The number of nitrogens with zero attached hydrogens (tertiary/aromatic N) is 1. The van der Waals surface area contributed by atoms with Crippen LogP contribution in [0.3, 0.4) is 0 Å². The van der Waals surface area contributed by atoms with Gasteiger partial charge < -0.3 is 9.47 Å². The lowest BCUT2D eigenvalue weighted by Gasteiger charge is -2.25. The summed E-state index contributed by atoms with van der Waals surface area (Å²) >= 11 is 6.77. The average molecular weight is 418 g/mol. The molecule has 1 atom stereocenters. The minimum Gasteiger partial charge on any atom is -0.355 e. The summed E-state index contributed by atoms with van der Waals surface area (Å²) in [5.41, 5.74) is 1.52. The van der Waals surface area contributed by atoms with Crippen LogP contribution in [0, 0.1) is 0 Å². The monoisotopic (exact) mass is 417 g/mol. The highest BCUT2D eigenvalue weighted by atomic mass is 35.5. The van der Waals surface area contributed by atoms with Crippen molar-refractivity contribution in [3.8, 4) is 0 Å². The second kappa shape index (κ2) is 9.19. The lowest BCUT2D eigenvalue weighted by atomic mass is 9.88. The first-order chi connectivity index (χ1) is 12.7. The van der Waals surface area contributed by atoms with Crippen LogP contribution in [0.1, 0.15) is 47.2 Å². The van der Waals surface area contributed by atoms with Crippen molar-refractivity contribution < 1.29 is 23.0 Å². The number of hydrogen-bond acceptors (Lipinski definition) is 5. The van der Waals surface area contributed by atoms with Crippen LogP contribution in [0.15, 0.2) is 24.3 Å². The Labute approximate surface area is 166 Å². The van der Waals surface area contributed by atoms with E-state index in [1.54, 1.807) is 6.92 Å². The summed E-state index contributed by atoms with van der Waals surface area (Å²) in [5.74, 6) is -3.71. The molecule has 148 valence electrons. The third-order valence-electron chi connectivity index (χ3n) is 4.19. The number of hydrogen-bond donors (Lipinski definition) is 0. The highest BCUT2D eigenvalue weighted by Crippen LogP contribution is 2.38. The van der Waals surface area contributed by atoms with Gasteiger partial charge in [-0.3, -0.25) is 4.79 Å². The Kier molecular flexibility index (Phi) is 7.45. The minimum absolute atomic E-state index is 0.0332. The van der Waals surface area contributed by atoms with Gasteiger partial charge in [-0.05, 0) is 11.1 Å². The van der Waals surface area contributed by atoms with Gasteiger partial charge in [0.2, 0.25) is 0 Å². The molecule has 0 amide bonds. The fraction of sp³-hybridized carbons (Fsp3) is 0.474. The van der Waals surface area contributed by atoms with E-state index in [2.05, 4.69) is 4.98 Å². The zero-order chi connectivity index (χ0) is 20.2. The van der Waals surface area contributed by atoms with Crippen LogP contribution in [0.25, 0.3) is 0 Å². The molecule has 0 bridgehead atoms. The normalized spacial score (nSPS) is 13.2. The Morgan fingerprint density at radius 1 is 1.30 bits per heavy atom. The van der Waals surface area contributed by atoms with Gasteiger partial charge in [0, 0.05) is 34.0 Å². The second-order valence-corrected chi connectivity index (χ2v) is 7.57. The van der Waals surface area contributed by atoms with E-state index in [4.69, 9.17) is 21.1 Å². The summed E-state index contributed by atoms with van der Waals surface area (Å²) in [6.45, 7) is 2.57. The fourth-order valence-corrected chi connectivity index (χ4v) is 4.25. The van der Waals surface area contributed by atoms with Crippen LogP contribution < -0.4 is 0 Å². The van der Waals surface area contributed by atoms with E-state index in [0.717, 1.165) is 29.4 Å². The van der Waals surface area contributed by atoms with Gasteiger partial charge in [0.15, 0.2) is 6.29 Å². The molecular weight excluding hydrogens is 396 g/mol. The average Bonchev–Trinajstić information content (AvgIpc) is 3.00. The van der Waals surface area contributed by atoms with E-state index in [1.165, 1.54) is 14.2 Å². The van der Waals surface area contributed by atoms with Crippen molar-refractivity contribution in [1.29, 1.82) is 0 Å². The molecule has 0 aliphatic heterocycles. The van der Waals surface area contributed by atoms with E-state index in [1.807, 2.05) is 24.3 Å². The summed E-state index contributed by atoms with van der Waals surface area (Å²) < 4.78 is 37.9. The molecule has 1 heterocycles. The van der Waals surface area contributed by atoms with Gasteiger partial charge in [-0.25, -0.2) is 13.8 Å². The van der Waals surface area contributed by atoms with Crippen molar-refractivity contribution in [2.45, 2.75) is 44.8 Å². The molecule has 0 fully saturated rings. The molecule has 0 N–H and O–H groups in total. The number of ether oxygens (including phenoxy) is 2. The van der Waals surface area contributed by atoms with Gasteiger partial charge in [0.25, 0.3) is 5.92 Å². The number of aromatic nitrogens is 1. The molecule has 4 nitrogen and oxygen atoms in total. The number of rotatable bonds is 9. The molecule has 0 saturated heterocycles. The number of halogens is 3. The smallest absolute Gasteiger partial charge is 0.282 e. The summed E-state index contributed by atoms with van der Waals surface area (Å²) in [6, 6.07) is 7.30. The fourth-order valence-electron chi connectivity index (χ4n) is 2.91. The van der Waals surface area contributed by atoms with Gasteiger partial charge in [-0.15, -0.1) is 11.3 Å². The molecule has 2 rings (SSSR count). The molecule has 0 aliphatic carbocycles. The van der Waals surface area contributed by atoms with Crippen LogP contribution >= 0.6 is 22.9 Å². The topological polar surface area (TPSA) is 48.4 Å². The largest absolute Gasteiger partial charge is 0.355 e. The first-order valence-electron chi connectivity index (χ1n) is 8.42. The first-order valence-corrected chi connectivity index (χ1v) is 9.61. The molecule has 8 heteroatoms. The standard InChI is InChI=1S/C19H22ClF2NO3S/c1-5-13(24)15(18(25-3)26-4)12-9-7-6-8-11(12)10-14-23-17(20)16(27-14)19(2,21)22/h6-9,15,18H,5,10H2,1-4H3. The predicted molar refractivity (Wildman–Crippen MR) is 102 cm³/mol. The molecule has 27 heavy (non-hydrogen) atoms. The summed E-state index contributed by atoms with van der Waals surface area (Å²) in [7, 11) is 2.95. The van der Waals surface area contributed by atoms with Crippen molar-refractivity contribution in [2.24, 2.45) is 0 Å². The van der Waals surface area contributed by atoms with Gasteiger partial charge in [0.1, 0.15) is 15.8 Å². The number of carbonyl (C=O) groups is 1. The van der Waals surface area contributed by atoms with Crippen molar-refractivity contribution >= 4 is 28.7 Å². The van der Waals surface area contributed by atoms with Gasteiger partial charge >= 0.3 is 0 Å². The number of carbonyl (C=O) groups excluding carboxylic acids is 1. The van der Waals surface area contributed by atoms with Crippen LogP contribution in [-0.2, 0) is 26.6 Å². The Balaban J connectivity index is 2.44. The van der Waals surface area contributed by atoms with Gasteiger partial charge in [-0.2, -0.15) is 0 Å². The SMILES string of the molecule is CCC(=O)C(c1ccccc1Cc1nc(Cl)c(C(C)(F)F)s1)C(OC)OC.